The lowest BCUT2D eigenvalue weighted by Crippen LogP contribution is -2.38. The van der Waals surface area contributed by atoms with Crippen molar-refractivity contribution in [2.45, 2.75) is 38.0 Å². The average Bonchev–Trinajstić information content (AvgIpc) is 2.94. The van der Waals surface area contributed by atoms with Crippen molar-refractivity contribution in [1.82, 2.24) is 5.32 Å². The van der Waals surface area contributed by atoms with Crippen molar-refractivity contribution in [3.05, 3.63) is 35.9 Å². The van der Waals surface area contributed by atoms with Crippen LogP contribution in [-0.4, -0.2) is 13.1 Å². The molecule has 1 N–H and O–H groups in total. The number of benzene rings is 1. The van der Waals surface area contributed by atoms with Crippen molar-refractivity contribution >= 4 is 0 Å². The zero-order chi connectivity index (χ0) is 11.5. The molecule has 1 nitrogen and oxygen atoms in total. The highest BCUT2D eigenvalue weighted by Gasteiger charge is 2.33. The largest absolute Gasteiger partial charge is 0.316 e. The predicted octanol–water partition coefficient (Wildman–Crippen LogP) is 3.57. The number of rotatable bonds is 2. The van der Waals surface area contributed by atoms with Crippen molar-refractivity contribution in [3.63, 3.8) is 0 Å². The van der Waals surface area contributed by atoms with E-state index in [0.717, 1.165) is 17.8 Å². The molecule has 1 aromatic carbocycles. The van der Waals surface area contributed by atoms with E-state index >= 15 is 0 Å². The Kier molecular flexibility index (Phi) is 3.46. The van der Waals surface area contributed by atoms with Crippen LogP contribution in [0.4, 0.5) is 0 Å². The van der Waals surface area contributed by atoms with E-state index in [0.29, 0.717) is 0 Å². The van der Waals surface area contributed by atoms with Crippen molar-refractivity contribution < 1.29 is 0 Å². The molecule has 1 aliphatic carbocycles. The average molecular weight is 229 g/mol. The molecule has 17 heavy (non-hydrogen) atoms. The zero-order valence-electron chi connectivity index (χ0n) is 10.6. The maximum Gasteiger partial charge on any atom is -0.00120 e. The second-order valence-corrected chi connectivity index (χ2v) is 5.72. The zero-order valence-corrected chi connectivity index (χ0v) is 10.6. The van der Waals surface area contributed by atoms with Crippen LogP contribution < -0.4 is 5.32 Å². The normalized spacial score (nSPS) is 30.6. The maximum absolute atomic E-state index is 3.61. The molecule has 1 aliphatic heterocycles. The fourth-order valence-corrected chi connectivity index (χ4v) is 3.88. The molecule has 2 fully saturated rings. The molecule has 0 radical (unpaired) electrons. The van der Waals surface area contributed by atoms with Gasteiger partial charge < -0.3 is 5.32 Å². The van der Waals surface area contributed by atoms with Crippen LogP contribution in [0, 0.1) is 11.8 Å². The summed E-state index contributed by atoms with van der Waals surface area (Å²) in [5.74, 6) is 2.67. The maximum atomic E-state index is 3.61. The first-order chi connectivity index (χ1) is 8.45. The van der Waals surface area contributed by atoms with Gasteiger partial charge in [0.1, 0.15) is 0 Å². The van der Waals surface area contributed by atoms with E-state index in [9.17, 15) is 0 Å². The number of hydrogen-bond acceptors (Lipinski definition) is 1. The summed E-state index contributed by atoms with van der Waals surface area (Å²) in [6.07, 6.45) is 7.18. The Morgan fingerprint density at radius 3 is 2.47 bits per heavy atom. The van der Waals surface area contributed by atoms with E-state index in [1.807, 2.05) is 0 Å². The number of nitrogens with one attached hydrogen (secondary N) is 1. The summed E-state index contributed by atoms with van der Waals surface area (Å²) in [5.41, 5.74) is 1.57. The molecule has 0 aromatic heterocycles. The standard InChI is InChI=1S/C16H23N/c1-2-6-13(7-3-1)15-10-11-17-12-16(15)14-8-4-5-9-14/h1-3,6-7,14-17H,4-5,8-12H2. The molecule has 1 aromatic rings. The molecular formula is C16H23N. The van der Waals surface area contributed by atoms with E-state index < -0.39 is 0 Å². The van der Waals surface area contributed by atoms with E-state index in [1.165, 1.54) is 45.2 Å². The molecule has 0 spiro atoms. The summed E-state index contributed by atoms with van der Waals surface area (Å²) in [6, 6.07) is 11.2. The molecule has 1 saturated heterocycles. The molecule has 1 heteroatoms. The Hall–Kier alpha value is -0.820. The van der Waals surface area contributed by atoms with E-state index in [4.69, 9.17) is 0 Å². The lowest BCUT2D eigenvalue weighted by atomic mass is 9.74. The fourth-order valence-electron chi connectivity index (χ4n) is 3.88. The van der Waals surface area contributed by atoms with Gasteiger partial charge in [0.2, 0.25) is 0 Å². The predicted molar refractivity (Wildman–Crippen MR) is 72.1 cm³/mol. The third kappa shape index (κ3) is 2.40. The van der Waals surface area contributed by atoms with Gasteiger partial charge in [-0.3, -0.25) is 0 Å². The minimum Gasteiger partial charge on any atom is -0.316 e. The van der Waals surface area contributed by atoms with Crippen LogP contribution in [0.3, 0.4) is 0 Å². The number of piperidine rings is 1. The van der Waals surface area contributed by atoms with Gasteiger partial charge in [0.05, 0.1) is 0 Å². The summed E-state index contributed by atoms with van der Waals surface area (Å²) in [7, 11) is 0. The quantitative estimate of drug-likeness (QED) is 0.817. The van der Waals surface area contributed by atoms with E-state index in [2.05, 4.69) is 35.6 Å². The highest BCUT2D eigenvalue weighted by Crippen LogP contribution is 2.41. The second kappa shape index (κ2) is 5.22. The van der Waals surface area contributed by atoms with Gasteiger partial charge in [-0.1, -0.05) is 56.0 Å². The van der Waals surface area contributed by atoms with Crippen LogP contribution in [0.25, 0.3) is 0 Å². The Morgan fingerprint density at radius 1 is 0.941 bits per heavy atom. The van der Waals surface area contributed by atoms with Crippen LogP contribution in [0.5, 0.6) is 0 Å². The molecule has 0 amide bonds. The molecule has 2 unspecified atom stereocenters. The lowest BCUT2D eigenvalue weighted by molar-refractivity contribution is 0.231. The molecule has 1 saturated carbocycles. The Bertz CT molecular complexity index is 340. The van der Waals surface area contributed by atoms with Gasteiger partial charge in [-0.15, -0.1) is 0 Å². The van der Waals surface area contributed by atoms with Gasteiger partial charge in [-0.2, -0.15) is 0 Å². The van der Waals surface area contributed by atoms with Crippen LogP contribution in [0.2, 0.25) is 0 Å². The molecule has 2 atom stereocenters. The first-order valence-electron chi connectivity index (χ1n) is 7.21. The number of hydrogen-bond donors (Lipinski definition) is 1. The Balaban J connectivity index is 1.80. The lowest BCUT2D eigenvalue weighted by Gasteiger charge is -2.36. The van der Waals surface area contributed by atoms with E-state index in [-0.39, 0.29) is 0 Å². The van der Waals surface area contributed by atoms with Crippen LogP contribution in [0.15, 0.2) is 30.3 Å². The third-order valence-corrected chi connectivity index (χ3v) is 4.76. The molecule has 2 aliphatic rings. The highest BCUT2D eigenvalue weighted by molar-refractivity contribution is 5.21. The molecule has 3 rings (SSSR count). The Labute approximate surface area is 105 Å². The summed E-state index contributed by atoms with van der Waals surface area (Å²) in [5, 5.41) is 3.61. The summed E-state index contributed by atoms with van der Waals surface area (Å²) in [6.45, 7) is 2.44. The van der Waals surface area contributed by atoms with Gasteiger partial charge in [0.15, 0.2) is 0 Å². The summed E-state index contributed by atoms with van der Waals surface area (Å²) in [4.78, 5) is 0. The van der Waals surface area contributed by atoms with Gasteiger partial charge in [0.25, 0.3) is 0 Å². The van der Waals surface area contributed by atoms with Crippen molar-refractivity contribution in [1.29, 1.82) is 0 Å². The van der Waals surface area contributed by atoms with Crippen LogP contribution >= 0.6 is 0 Å². The Morgan fingerprint density at radius 2 is 1.71 bits per heavy atom. The first kappa shape index (κ1) is 11.3. The van der Waals surface area contributed by atoms with Crippen LogP contribution in [0.1, 0.15) is 43.6 Å². The SMILES string of the molecule is c1ccc(C2CCNCC2C2CCCC2)cc1. The van der Waals surface area contributed by atoms with Gasteiger partial charge in [-0.25, -0.2) is 0 Å². The fraction of sp³-hybridized carbons (Fsp3) is 0.625. The van der Waals surface area contributed by atoms with Crippen molar-refractivity contribution in [2.75, 3.05) is 13.1 Å². The van der Waals surface area contributed by atoms with Crippen molar-refractivity contribution in [2.24, 2.45) is 11.8 Å². The first-order valence-corrected chi connectivity index (χ1v) is 7.21. The monoisotopic (exact) mass is 229 g/mol. The van der Waals surface area contributed by atoms with E-state index in [1.54, 1.807) is 5.56 Å². The van der Waals surface area contributed by atoms with Gasteiger partial charge in [-0.05, 0) is 42.8 Å². The molecular weight excluding hydrogens is 206 g/mol. The minimum atomic E-state index is 0.806. The van der Waals surface area contributed by atoms with Gasteiger partial charge in [0, 0.05) is 0 Å². The smallest absolute Gasteiger partial charge is 0.00120 e. The summed E-state index contributed by atoms with van der Waals surface area (Å²) >= 11 is 0. The molecule has 1 heterocycles. The highest BCUT2D eigenvalue weighted by atomic mass is 14.9. The molecule has 92 valence electrons. The summed E-state index contributed by atoms with van der Waals surface area (Å²) < 4.78 is 0. The molecule has 0 bridgehead atoms. The van der Waals surface area contributed by atoms with Gasteiger partial charge >= 0.3 is 0 Å². The van der Waals surface area contributed by atoms with Crippen molar-refractivity contribution in [3.8, 4) is 0 Å². The minimum absolute atomic E-state index is 0.806. The topological polar surface area (TPSA) is 12.0 Å². The second-order valence-electron chi connectivity index (χ2n) is 5.72. The van der Waals surface area contributed by atoms with Crippen LogP contribution in [-0.2, 0) is 0 Å². The third-order valence-electron chi connectivity index (χ3n) is 4.76.